The third kappa shape index (κ3) is 4.18. The summed E-state index contributed by atoms with van der Waals surface area (Å²) in [5.41, 5.74) is 0. The molecule has 0 aliphatic carbocycles. The maximum absolute atomic E-state index is 8.44. The maximum Gasteiger partial charge on any atom is 0.0700 e. The highest BCUT2D eigenvalue weighted by atomic mass is 79.9. The molecule has 0 aliphatic heterocycles. The molecule has 0 bridgehead atoms. The lowest BCUT2D eigenvalue weighted by molar-refractivity contribution is 0.244. The van der Waals surface area contributed by atoms with Crippen LogP contribution in [-0.4, -0.2) is 11.2 Å². The summed E-state index contributed by atoms with van der Waals surface area (Å²) in [7, 11) is 0. The molecule has 0 spiro atoms. The van der Waals surface area contributed by atoms with Crippen molar-refractivity contribution < 1.29 is 5.11 Å². The molecule has 0 fully saturated rings. The molecule has 1 nitrogen and oxygen atoms in total. The fraction of sp³-hybridized carbons (Fsp3) is 0.500. The highest BCUT2D eigenvalue weighted by Gasteiger charge is 1.78. The molecule has 0 rings (SSSR count). The normalized spacial score (nSPS) is 15.8. The minimum atomic E-state index is -0.329. The van der Waals surface area contributed by atoms with Crippen molar-refractivity contribution in [2.45, 2.75) is 13.0 Å². The second-order valence-electron chi connectivity index (χ2n) is 1.06. The Labute approximate surface area is 45.8 Å². The SMILES string of the molecule is CC(O)/C=C/Br. The Hall–Kier alpha value is 0.180. The van der Waals surface area contributed by atoms with E-state index >= 15 is 0 Å². The van der Waals surface area contributed by atoms with Crippen LogP contribution in [0.5, 0.6) is 0 Å². The fourth-order valence-corrected chi connectivity index (χ4v) is 0.547. The summed E-state index contributed by atoms with van der Waals surface area (Å²) in [6.45, 7) is 1.69. The molecule has 2 heteroatoms. The van der Waals surface area contributed by atoms with Gasteiger partial charge in [-0.05, 0) is 18.0 Å². The summed E-state index contributed by atoms with van der Waals surface area (Å²) < 4.78 is 0. The predicted molar refractivity (Wildman–Crippen MR) is 29.7 cm³/mol. The van der Waals surface area contributed by atoms with E-state index in [4.69, 9.17) is 5.11 Å². The average molecular weight is 151 g/mol. The van der Waals surface area contributed by atoms with Crippen molar-refractivity contribution in [2.75, 3.05) is 0 Å². The van der Waals surface area contributed by atoms with Crippen molar-refractivity contribution in [3.05, 3.63) is 11.1 Å². The first-order chi connectivity index (χ1) is 2.77. The van der Waals surface area contributed by atoms with Gasteiger partial charge in [0.1, 0.15) is 0 Å². The van der Waals surface area contributed by atoms with Crippen molar-refractivity contribution in [1.29, 1.82) is 0 Å². The Morgan fingerprint density at radius 3 is 2.33 bits per heavy atom. The van der Waals surface area contributed by atoms with E-state index < -0.39 is 0 Å². The van der Waals surface area contributed by atoms with E-state index in [1.165, 1.54) is 0 Å². The Kier molecular flexibility index (Phi) is 3.47. The number of hydrogen-bond donors (Lipinski definition) is 1. The third-order valence-electron chi connectivity index (χ3n) is 0.351. The van der Waals surface area contributed by atoms with Crippen molar-refractivity contribution in [2.24, 2.45) is 0 Å². The van der Waals surface area contributed by atoms with Gasteiger partial charge in [-0.2, -0.15) is 0 Å². The van der Waals surface area contributed by atoms with Gasteiger partial charge < -0.3 is 5.11 Å². The van der Waals surface area contributed by atoms with E-state index in [9.17, 15) is 0 Å². The summed E-state index contributed by atoms with van der Waals surface area (Å²) in [5, 5.41) is 8.44. The molecular weight excluding hydrogens is 144 g/mol. The molecule has 0 amide bonds. The van der Waals surface area contributed by atoms with E-state index in [2.05, 4.69) is 15.9 Å². The smallest absolute Gasteiger partial charge is 0.0700 e. The van der Waals surface area contributed by atoms with Crippen LogP contribution in [0.4, 0.5) is 0 Å². The Morgan fingerprint density at radius 2 is 2.33 bits per heavy atom. The quantitative estimate of drug-likeness (QED) is 0.598. The predicted octanol–water partition coefficient (Wildman–Crippen LogP) is 1.28. The molecule has 1 atom stereocenters. The van der Waals surface area contributed by atoms with Crippen molar-refractivity contribution in [3.63, 3.8) is 0 Å². The van der Waals surface area contributed by atoms with Crippen LogP contribution < -0.4 is 0 Å². The van der Waals surface area contributed by atoms with Gasteiger partial charge in [0.05, 0.1) is 6.10 Å². The zero-order valence-electron chi connectivity index (χ0n) is 3.56. The Balaban J connectivity index is 3.03. The number of hydrogen-bond acceptors (Lipinski definition) is 1. The molecule has 0 aliphatic rings. The first kappa shape index (κ1) is 6.18. The molecule has 0 aromatic carbocycles. The molecule has 1 N–H and O–H groups in total. The van der Waals surface area contributed by atoms with Gasteiger partial charge in [-0.3, -0.25) is 0 Å². The lowest BCUT2D eigenvalue weighted by Crippen LogP contribution is -1.89. The van der Waals surface area contributed by atoms with Crippen LogP contribution in [0.25, 0.3) is 0 Å². The standard InChI is InChI=1S/C4H7BrO/c1-4(6)2-3-5/h2-4,6H,1H3/b3-2+. The molecule has 0 saturated heterocycles. The molecule has 6 heavy (non-hydrogen) atoms. The van der Waals surface area contributed by atoms with Gasteiger partial charge >= 0.3 is 0 Å². The Morgan fingerprint density at radius 1 is 1.83 bits per heavy atom. The van der Waals surface area contributed by atoms with Gasteiger partial charge in [0, 0.05) is 0 Å². The van der Waals surface area contributed by atoms with E-state index in [1.54, 1.807) is 18.0 Å². The highest BCUT2D eigenvalue weighted by Crippen LogP contribution is 1.86. The van der Waals surface area contributed by atoms with Gasteiger partial charge in [-0.25, -0.2) is 0 Å². The summed E-state index contributed by atoms with van der Waals surface area (Å²) in [4.78, 5) is 1.64. The topological polar surface area (TPSA) is 20.2 Å². The van der Waals surface area contributed by atoms with E-state index in [0.29, 0.717) is 0 Å². The van der Waals surface area contributed by atoms with Crippen LogP contribution >= 0.6 is 15.9 Å². The van der Waals surface area contributed by atoms with Crippen molar-refractivity contribution in [3.8, 4) is 0 Å². The molecule has 1 unspecified atom stereocenters. The van der Waals surface area contributed by atoms with E-state index in [-0.39, 0.29) is 6.10 Å². The lowest BCUT2D eigenvalue weighted by Gasteiger charge is -1.86. The first-order valence-electron chi connectivity index (χ1n) is 1.72. The van der Waals surface area contributed by atoms with Crippen LogP contribution in [-0.2, 0) is 0 Å². The van der Waals surface area contributed by atoms with Crippen molar-refractivity contribution >= 4 is 15.9 Å². The van der Waals surface area contributed by atoms with Crippen molar-refractivity contribution in [1.82, 2.24) is 0 Å². The van der Waals surface area contributed by atoms with Gasteiger partial charge in [0.2, 0.25) is 0 Å². The largest absolute Gasteiger partial charge is 0.389 e. The monoisotopic (exact) mass is 150 g/mol. The summed E-state index contributed by atoms with van der Waals surface area (Å²) in [5.74, 6) is 0. The number of aliphatic hydroxyl groups is 1. The lowest BCUT2D eigenvalue weighted by atomic mass is 10.4. The van der Waals surface area contributed by atoms with Crippen LogP contribution in [0.3, 0.4) is 0 Å². The zero-order valence-corrected chi connectivity index (χ0v) is 5.14. The highest BCUT2D eigenvalue weighted by molar-refractivity contribution is 9.11. The molecule has 0 heterocycles. The van der Waals surface area contributed by atoms with E-state index in [1.807, 2.05) is 0 Å². The van der Waals surface area contributed by atoms with Crippen LogP contribution in [0.2, 0.25) is 0 Å². The average Bonchev–Trinajstić information content (AvgIpc) is 1.35. The fourth-order valence-electron chi connectivity index (χ4n) is 0.105. The molecule has 0 saturated carbocycles. The second kappa shape index (κ2) is 3.37. The van der Waals surface area contributed by atoms with Gasteiger partial charge in [0.15, 0.2) is 0 Å². The minimum absolute atomic E-state index is 0.329. The number of halogens is 1. The number of aliphatic hydroxyl groups excluding tert-OH is 1. The number of rotatable bonds is 1. The molecular formula is C4H7BrO. The van der Waals surface area contributed by atoms with Crippen LogP contribution in [0, 0.1) is 0 Å². The molecule has 0 aromatic heterocycles. The zero-order chi connectivity index (χ0) is 4.99. The minimum Gasteiger partial charge on any atom is -0.389 e. The molecule has 0 radical (unpaired) electrons. The molecule has 36 valence electrons. The summed E-state index contributed by atoms with van der Waals surface area (Å²) in [6.07, 6.45) is 1.31. The van der Waals surface area contributed by atoms with Gasteiger partial charge in [-0.1, -0.05) is 15.9 Å². The molecule has 0 aromatic rings. The van der Waals surface area contributed by atoms with Gasteiger partial charge in [-0.15, -0.1) is 0 Å². The van der Waals surface area contributed by atoms with Gasteiger partial charge in [0.25, 0.3) is 0 Å². The van der Waals surface area contributed by atoms with Crippen LogP contribution in [0.15, 0.2) is 11.1 Å². The summed E-state index contributed by atoms with van der Waals surface area (Å²) >= 11 is 3.01. The van der Waals surface area contributed by atoms with Crippen LogP contribution in [0.1, 0.15) is 6.92 Å². The second-order valence-corrected chi connectivity index (χ2v) is 1.59. The van der Waals surface area contributed by atoms with E-state index in [0.717, 1.165) is 0 Å². The Bertz CT molecular complexity index is 49.5. The first-order valence-corrected chi connectivity index (χ1v) is 2.64. The third-order valence-corrected chi connectivity index (χ3v) is 0.656. The summed E-state index contributed by atoms with van der Waals surface area (Å²) in [6, 6.07) is 0. The maximum atomic E-state index is 8.44.